The molecule has 4 nitrogen and oxygen atoms in total. The van der Waals surface area contributed by atoms with Gasteiger partial charge >= 0.3 is 0 Å². The molecule has 0 aliphatic heterocycles. The number of ether oxygens (including phenoxy) is 1. The predicted octanol–water partition coefficient (Wildman–Crippen LogP) is 3.72. The van der Waals surface area contributed by atoms with Gasteiger partial charge in [0.05, 0.1) is 0 Å². The molecular formula is C21H19NO3S. The van der Waals surface area contributed by atoms with Crippen molar-refractivity contribution in [2.24, 2.45) is 0 Å². The maximum atomic E-state index is 12.3. The Morgan fingerprint density at radius 3 is 2.31 bits per heavy atom. The van der Waals surface area contributed by atoms with Gasteiger partial charge in [-0.05, 0) is 42.1 Å². The zero-order chi connectivity index (χ0) is 18.2. The Balaban J connectivity index is 1.45. The molecule has 0 atom stereocenters. The van der Waals surface area contributed by atoms with E-state index in [4.69, 9.17) is 4.74 Å². The van der Waals surface area contributed by atoms with E-state index in [1.54, 1.807) is 47.7 Å². The van der Waals surface area contributed by atoms with Gasteiger partial charge in [-0.3, -0.25) is 9.59 Å². The number of rotatable bonds is 8. The van der Waals surface area contributed by atoms with Crippen molar-refractivity contribution < 1.29 is 14.3 Å². The highest BCUT2D eigenvalue weighted by molar-refractivity contribution is 7.09. The van der Waals surface area contributed by atoms with Crippen molar-refractivity contribution in [2.75, 3.05) is 13.2 Å². The van der Waals surface area contributed by atoms with Crippen LogP contribution in [0.5, 0.6) is 5.75 Å². The van der Waals surface area contributed by atoms with Crippen LogP contribution in [-0.2, 0) is 11.2 Å². The van der Waals surface area contributed by atoms with Crippen molar-refractivity contribution >= 4 is 23.0 Å². The second-order valence-corrected chi connectivity index (χ2v) is 6.72. The fourth-order valence-corrected chi connectivity index (χ4v) is 3.15. The van der Waals surface area contributed by atoms with Gasteiger partial charge in [-0.1, -0.05) is 36.4 Å². The average Bonchev–Trinajstić information content (AvgIpc) is 3.20. The van der Waals surface area contributed by atoms with Gasteiger partial charge in [0.2, 0.25) is 0 Å². The van der Waals surface area contributed by atoms with Gasteiger partial charge in [0.15, 0.2) is 12.4 Å². The molecule has 5 heteroatoms. The minimum absolute atomic E-state index is 0.0385. The molecule has 0 fully saturated rings. The Bertz CT molecular complexity index is 843. The molecule has 1 amide bonds. The maximum absolute atomic E-state index is 12.3. The van der Waals surface area contributed by atoms with E-state index in [0.29, 0.717) is 23.4 Å². The van der Waals surface area contributed by atoms with Crippen LogP contribution in [0.1, 0.15) is 20.8 Å². The van der Waals surface area contributed by atoms with Crippen molar-refractivity contribution in [3.05, 3.63) is 88.1 Å². The molecule has 0 saturated heterocycles. The summed E-state index contributed by atoms with van der Waals surface area (Å²) in [5, 5.41) is 4.85. The first-order valence-corrected chi connectivity index (χ1v) is 9.22. The summed E-state index contributed by atoms with van der Waals surface area (Å²) < 4.78 is 5.48. The Labute approximate surface area is 156 Å². The SMILES string of the molecule is O=C(COc1ccc(C(=O)c2ccccc2)cc1)NCCc1cccs1. The van der Waals surface area contributed by atoms with Crippen LogP contribution in [0.4, 0.5) is 0 Å². The van der Waals surface area contributed by atoms with E-state index in [9.17, 15) is 9.59 Å². The van der Waals surface area contributed by atoms with Gasteiger partial charge < -0.3 is 10.1 Å². The van der Waals surface area contributed by atoms with Crippen LogP contribution in [0.2, 0.25) is 0 Å². The van der Waals surface area contributed by atoms with Gasteiger partial charge in [0.1, 0.15) is 5.75 Å². The lowest BCUT2D eigenvalue weighted by Gasteiger charge is -2.08. The normalized spacial score (nSPS) is 10.3. The summed E-state index contributed by atoms with van der Waals surface area (Å²) in [4.78, 5) is 25.4. The van der Waals surface area contributed by atoms with Crippen LogP contribution in [0.3, 0.4) is 0 Å². The van der Waals surface area contributed by atoms with Gasteiger partial charge in [0.25, 0.3) is 5.91 Å². The summed E-state index contributed by atoms with van der Waals surface area (Å²) >= 11 is 1.68. The Morgan fingerprint density at radius 2 is 1.62 bits per heavy atom. The number of ketones is 1. The molecule has 2 aromatic carbocycles. The van der Waals surface area contributed by atoms with Crippen molar-refractivity contribution in [3.8, 4) is 5.75 Å². The van der Waals surface area contributed by atoms with Crippen LogP contribution in [0, 0.1) is 0 Å². The molecular weight excluding hydrogens is 346 g/mol. The second-order valence-electron chi connectivity index (χ2n) is 5.69. The quantitative estimate of drug-likeness (QED) is 0.619. The van der Waals surface area contributed by atoms with E-state index in [-0.39, 0.29) is 18.3 Å². The van der Waals surface area contributed by atoms with Crippen molar-refractivity contribution in [2.45, 2.75) is 6.42 Å². The Kier molecular flexibility index (Phi) is 6.17. The lowest BCUT2D eigenvalue weighted by molar-refractivity contribution is -0.123. The topological polar surface area (TPSA) is 55.4 Å². The van der Waals surface area contributed by atoms with Crippen LogP contribution < -0.4 is 10.1 Å². The zero-order valence-electron chi connectivity index (χ0n) is 14.2. The van der Waals surface area contributed by atoms with E-state index in [1.165, 1.54) is 4.88 Å². The van der Waals surface area contributed by atoms with Gasteiger partial charge in [0, 0.05) is 22.5 Å². The highest BCUT2D eigenvalue weighted by Crippen LogP contribution is 2.15. The van der Waals surface area contributed by atoms with E-state index in [1.807, 2.05) is 35.7 Å². The van der Waals surface area contributed by atoms with Crippen LogP contribution in [0.25, 0.3) is 0 Å². The first-order chi connectivity index (χ1) is 12.7. The first kappa shape index (κ1) is 17.9. The average molecular weight is 365 g/mol. The van der Waals surface area contributed by atoms with Crippen LogP contribution in [0.15, 0.2) is 72.1 Å². The minimum Gasteiger partial charge on any atom is -0.484 e. The van der Waals surface area contributed by atoms with E-state index >= 15 is 0 Å². The smallest absolute Gasteiger partial charge is 0.257 e. The molecule has 0 unspecified atom stereocenters. The van der Waals surface area contributed by atoms with E-state index in [2.05, 4.69) is 5.32 Å². The number of hydrogen-bond donors (Lipinski definition) is 1. The van der Waals surface area contributed by atoms with Gasteiger partial charge in [-0.25, -0.2) is 0 Å². The first-order valence-electron chi connectivity index (χ1n) is 8.34. The fourth-order valence-electron chi connectivity index (χ4n) is 2.44. The van der Waals surface area contributed by atoms with Crippen molar-refractivity contribution in [3.63, 3.8) is 0 Å². The summed E-state index contributed by atoms with van der Waals surface area (Å²) in [6.07, 6.45) is 0.819. The molecule has 1 heterocycles. The molecule has 0 aliphatic carbocycles. The Hall–Kier alpha value is -2.92. The number of benzene rings is 2. The predicted molar refractivity (Wildman–Crippen MR) is 103 cm³/mol. The molecule has 1 N–H and O–H groups in total. The largest absolute Gasteiger partial charge is 0.484 e. The summed E-state index contributed by atoms with van der Waals surface area (Å²) in [5.41, 5.74) is 1.23. The summed E-state index contributed by atoms with van der Waals surface area (Å²) in [6, 6.07) is 20.0. The lowest BCUT2D eigenvalue weighted by atomic mass is 10.0. The van der Waals surface area contributed by atoms with E-state index < -0.39 is 0 Å². The zero-order valence-corrected chi connectivity index (χ0v) is 15.0. The third-order valence-corrected chi connectivity index (χ3v) is 4.73. The minimum atomic E-state index is -0.161. The molecule has 3 aromatic rings. The fraction of sp³-hybridized carbons (Fsp3) is 0.143. The molecule has 26 heavy (non-hydrogen) atoms. The number of carbonyl (C=O) groups excluding carboxylic acids is 2. The van der Waals surface area contributed by atoms with Crippen LogP contribution >= 0.6 is 11.3 Å². The molecule has 0 bridgehead atoms. The van der Waals surface area contributed by atoms with Crippen LogP contribution in [-0.4, -0.2) is 24.8 Å². The number of nitrogens with one attached hydrogen (secondary N) is 1. The molecule has 3 rings (SSSR count). The number of carbonyl (C=O) groups is 2. The number of thiophene rings is 1. The molecule has 0 aliphatic rings. The summed E-state index contributed by atoms with van der Waals surface area (Å²) in [7, 11) is 0. The molecule has 0 spiro atoms. The monoisotopic (exact) mass is 365 g/mol. The van der Waals surface area contributed by atoms with E-state index in [0.717, 1.165) is 6.42 Å². The highest BCUT2D eigenvalue weighted by atomic mass is 32.1. The van der Waals surface area contributed by atoms with Crippen molar-refractivity contribution in [1.82, 2.24) is 5.32 Å². The molecule has 132 valence electrons. The van der Waals surface area contributed by atoms with Gasteiger partial charge in [-0.15, -0.1) is 11.3 Å². The maximum Gasteiger partial charge on any atom is 0.257 e. The Morgan fingerprint density at radius 1 is 0.885 bits per heavy atom. The van der Waals surface area contributed by atoms with Crippen molar-refractivity contribution in [1.29, 1.82) is 0 Å². The standard InChI is InChI=1S/C21H19NO3S/c23-20(22-13-12-19-7-4-14-26-19)15-25-18-10-8-17(9-11-18)21(24)16-5-2-1-3-6-16/h1-11,14H,12-13,15H2,(H,22,23). The molecule has 0 radical (unpaired) electrons. The number of amides is 1. The summed E-state index contributed by atoms with van der Waals surface area (Å²) in [6.45, 7) is 0.545. The summed E-state index contributed by atoms with van der Waals surface area (Å²) in [5.74, 6) is 0.359. The lowest BCUT2D eigenvalue weighted by Crippen LogP contribution is -2.30. The molecule has 0 saturated carbocycles. The second kappa shape index (κ2) is 8.97. The van der Waals surface area contributed by atoms with Gasteiger partial charge in [-0.2, -0.15) is 0 Å². The number of hydrogen-bond acceptors (Lipinski definition) is 4. The third kappa shape index (κ3) is 5.04. The molecule has 1 aromatic heterocycles. The highest BCUT2D eigenvalue weighted by Gasteiger charge is 2.09. The third-order valence-electron chi connectivity index (χ3n) is 3.80.